The van der Waals surface area contributed by atoms with Crippen LogP contribution in [0.15, 0.2) is 12.2 Å². The fourth-order valence-corrected chi connectivity index (χ4v) is 5.68. The van der Waals surface area contributed by atoms with Crippen LogP contribution in [0, 0.1) is 22.2 Å². The van der Waals surface area contributed by atoms with Crippen molar-refractivity contribution < 1.29 is 14.3 Å². The predicted molar refractivity (Wildman–Crippen MR) is 76.0 cm³/mol. The molecule has 3 saturated carbocycles. The molecule has 0 aromatic rings. The minimum absolute atomic E-state index is 0.00912. The van der Waals surface area contributed by atoms with Crippen LogP contribution in [0.1, 0.15) is 53.4 Å². The summed E-state index contributed by atoms with van der Waals surface area (Å²) >= 11 is 0. The summed E-state index contributed by atoms with van der Waals surface area (Å²) in [5.41, 5.74) is 0.486. The Balaban J connectivity index is 2.19. The average molecular weight is 276 g/mol. The maximum Gasteiger partial charge on any atom is 0.302 e. The van der Waals surface area contributed by atoms with E-state index >= 15 is 0 Å². The average Bonchev–Trinajstić information content (AvgIpc) is 2.68. The van der Waals surface area contributed by atoms with E-state index in [0.717, 1.165) is 12.8 Å². The van der Waals surface area contributed by atoms with Gasteiger partial charge < -0.3 is 4.74 Å². The van der Waals surface area contributed by atoms with E-state index in [-0.39, 0.29) is 40.0 Å². The molecule has 0 unspecified atom stereocenters. The highest BCUT2D eigenvalue weighted by atomic mass is 16.5. The van der Waals surface area contributed by atoms with E-state index in [4.69, 9.17) is 4.74 Å². The highest BCUT2D eigenvalue weighted by Gasteiger charge is 2.75. The van der Waals surface area contributed by atoms with E-state index < -0.39 is 0 Å². The van der Waals surface area contributed by atoms with Gasteiger partial charge in [-0.3, -0.25) is 9.59 Å². The molecule has 2 bridgehead atoms. The molecule has 0 radical (unpaired) electrons. The SMILES string of the molecule is C=C1C(=O)C[C@]2(C)[C@@H](OC(C)=O)[C@H]1[C@]1(C)CCC[C@@]12C. The third-order valence-electron chi connectivity index (χ3n) is 7.07. The molecular weight excluding hydrogens is 252 g/mol. The number of hydrogen-bond donors (Lipinski definition) is 0. The first kappa shape index (κ1) is 13.8. The Morgan fingerprint density at radius 3 is 2.50 bits per heavy atom. The highest BCUT2D eigenvalue weighted by molar-refractivity contribution is 5.98. The number of esters is 1. The Morgan fingerprint density at radius 2 is 1.90 bits per heavy atom. The van der Waals surface area contributed by atoms with Crippen molar-refractivity contribution in [2.45, 2.75) is 59.5 Å². The number of rotatable bonds is 1. The van der Waals surface area contributed by atoms with Gasteiger partial charge in [-0.25, -0.2) is 0 Å². The lowest BCUT2D eigenvalue weighted by Crippen LogP contribution is -2.47. The third kappa shape index (κ3) is 1.27. The summed E-state index contributed by atoms with van der Waals surface area (Å²) in [7, 11) is 0. The number of ether oxygens (including phenoxy) is 1. The van der Waals surface area contributed by atoms with Gasteiger partial charge >= 0.3 is 5.97 Å². The van der Waals surface area contributed by atoms with Crippen molar-refractivity contribution in [3.8, 4) is 0 Å². The van der Waals surface area contributed by atoms with Crippen molar-refractivity contribution in [2.24, 2.45) is 22.2 Å². The van der Waals surface area contributed by atoms with E-state index in [1.807, 2.05) is 0 Å². The molecule has 0 spiro atoms. The van der Waals surface area contributed by atoms with Gasteiger partial charge in [0.25, 0.3) is 0 Å². The second kappa shape index (κ2) is 3.75. The van der Waals surface area contributed by atoms with Crippen molar-refractivity contribution in [1.82, 2.24) is 0 Å². The molecule has 0 aromatic heterocycles. The molecule has 3 fully saturated rings. The van der Waals surface area contributed by atoms with Crippen molar-refractivity contribution in [2.75, 3.05) is 0 Å². The molecule has 20 heavy (non-hydrogen) atoms. The fourth-order valence-electron chi connectivity index (χ4n) is 5.68. The van der Waals surface area contributed by atoms with E-state index in [1.165, 1.54) is 13.3 Å². The van der Waals surface area contributed by atoms with Crippen LogP contribution >= 0.6 is 0 Å². The summed E-state index contributed by atoms with van der Waals surface area (Å²) in [6, 6.07) is 0. The lowest BCUT2D eigenvalue weighted by Gasteiger charge is -2.46. The zero-order chi connectivity index (χ0) is 14.9. The first-order valence-corrected chi connectivity index (χ1v) is 7.57. The monoisotopic (exact) mass is 276 g/mol. The summed E-state index contributed by atoms with van der Waals surface area (Å²) in [5, 5.41) is 0. The van der Waals surface area contributed by atoms with E-state index in [1.54, 1.807) is 0 Å². The molecule has 3 aliphatic rings. The van der Waals surface area contributed by atoms with Gasteiger partial charge in [0.15, 0.2) is 5.78 Å². The van der Waals surface area contributed by atoms with Crippen LogP contribution in [0.3, 0.4) is 0 Å². The number of carbonyl (C=O) groups excluding carboxylic acids is 2. The summed E-state index contributed by atoms with van der Waals surface area (Å²) < 4.78 is 5.71. The van der Waals surface area contributed by atoms with Gasteiger partial charge in [0.2, 0.25) is 0 Å². The van der Waals surface area contributed by atoms with Crippen LogP contribution in [0.25, 0.3) is 0 Å². The first-order valence-electron chi connectivity index (χ1n) is 7.57. The van der Waals surface area contributed by atoms with E-state index in [2.05, 4.69) is 27.4 Å². The van der Waals surface area contributed by atoms with Crippen LogP contribution in [0.5, 0.6) is 0 Å². The fraction of sp³-hybridized carbons (Fsp3) is 0.765. The molecule has 3 rings (SSSR count). The van der Waals surface area contributed by atoms with Gasteiger partial charge in [-0.05, 0) is 29.2 Å². The molecule has 5 atom stereocenters. The van der Waals surface area contributed by atoms with Gasteiger partial charge in [0, 0.05) is 24.7 Å². The van der Waals surface area contributed by atoms with Crippen molar-refractivity contribution in [3.63, 3.8) is 0 Å². The Hall–Kier alpha value is -1.12. The molecule has 0 N–H and O–H groups in total. The molecule has 0 aliphatic heterocycles. The quantitative estimate of drug-likeness (QED) is 0.545. The van der Waals surface area contributed by atoms with Gasteiger partial charge in [0.05, 0.1) is 0 Å². The first-order chi connectivity index (χ1) is 9.17. The number of hydrogen-bond acceptors (Lipinski definition) is 3. The van der Waals surface area contributed by atoms with Crippen LogP contribution in [0.4, 0.5) is 0 Å². The second-order valence-electron chi connectivity index (χ2n) is 7.65. The Kier molecular flexibility index (Phi) is 2.59. The minimum Gasteiger partial charge on any atom is -0.461 e. The Morgan fingerprint density at radius 1 is 1.25 bits per heavy atom. The lowest BCUT2D eigenvalue weighted by atomic mass is 9.59. The highest BCUT2D eigenvalue weighted by Crippen LogP contribution is 2.76. The van der Waals surface area contributed by atoms with Gasteiger partial charge in [0.1, 0.15) is 6.10 Å². The normalized spacial score (nSPS) is 50.2. The van der Waals surface area contributed by atoms with E-state index in [9.17, 15) is 9.59 Å². The summed E-state index contributed by atoms with van der Waals surface area (Å²) in [6.07, 6.45) is 3.66. The van der Waals surface area contributed by atoms with Crippen LogP contribution in [0.2, 0.25) is 0 Å². The zero-order valence-corrected chi connectivity index (χ0v) is 12.9. The smallest absolute Gasteiger partial charge is 0.302 e. The number of Topliss-reactive ketones (excluding diaryl/α,β-unsaturated/α-hetero) is 1. The number of ketones is 1. The molecular formula is C17H24O3. The van der Waals surface area contributed by atoms with Crippen LogP contribution < -0.4 is 0 Å². The lowest BCUT2D eigenvalue weighted by molar-refractivity contribution is -0.160. The maximum absolute atomic E-state index is 12.4. The molecule has 0 saturated heterocycles. The molecule has 3 nitrogen and oxygen atoms in total. The molecule has 3 heteroatoms. The molecule has 0 amide bonds. The third-order valence-corrected chi connectivity index (χ3v) is 7.07. The van der Waals surface area contributed by atoms with Crippen LogP contribution in [-0.2, 0) is 14.3 Å². The van der Waals surface area contributed by atoms with Gasteiger partial charge in [-0.2, -0.15) is 0 Å². The predicted octanol–water partition coefficient (Wildman–Crippen LogP) is 3.28. The maximum atomic E-state index is 12.4. The molecule has 3 aliphatic carbocycles. The largest absolute Gasteiger partial charge is 0.461 e. The van der Waals surface area contributed by atoms with E-state index in [0.29, 0.717) is 12.0 Å². The second-order valence-corrected chi connectivity index (χ2v) is 7.65. The molecule has 0 aromatic carbocycles. The Bertz CT molecular complexity index is 522. The van der Waals surface area contributed by atoms with Gasteiger partial charge in [-0.1, -0.05) is 33.8 Å². The van der Waals surface area contributed by atoms with Crippen molar-refractivity contribution in [1.29, 1.82) is 0 Å². The topological polar surface area (TPSA) is 43.4 Å². The number of fused-ring (bicyclic) bond motifs is 5. The zero-order valence-electron chi connectivity index (χ0n) is 12.9. The van der Waals surface area contributed by atoms with Crippen molar-refractivity contribution in [3.05, 3.63) is 12.2 Å². The summed E-state index contributed by atoms with van der Waals surface area (Å²) in [4.78, 5) is 23.9. The Labute approximate surface area is 120 Å². The minimum atomic E-state index is -0.257. The molecule has 110 valence electrons. The van der Waals surface area contributed by atoms with Crippen LogP contribution in [-0.4, -0.2) is 17.9 Å². The summed E-state index contributed by atoms with van der Waals surface area (Å²) in [6.45, 7) is 12.2. The summed E-state index contributed by atoms with van der Waals surface area (Å²) in [5.74, 6) is -0.0940. The van der Waals surface area contributed by atoms with Gasteiger partial charge in [-0.15, -0.1) is 0 Å². The molecule has 0 heterocycles. The number of carbonyl (C=O) groups is 2. The standard InChI is InChI=1S/C17H24O3/c1-10-12(19)9-16(4)14(20-11(2)18)13(10)15(3)7-6-8-17(15,16)5/h13-14H,1,6-9H2,2-5H3/t13-,14-,15-,16+,17-/m0/s1. The van der Waals surface area contributed by atoms with Crippen molar-refractivity contribution >= 4 is 11.8 Å².